The van der Waals surface area contributed by atoms with Gasteiger partial charge in [-0.05, 0) is 61.1 Å². The number of hydrogen-bond donors (Lipinski definition) is 0. The summed E-state index contributed by atoms with van der Waals surface area (Å²) in [5, 5.41) is 9.16. The molecule has 0 unspecified atom stereocenters. The fraction of sp³-hybridized carbons (Fsp3) is 0.250. The minimum Gasteiger partial charge on any atom is -0.438 e. The van der Waals surface area contributed by atoms with Crippen molar-refractivity contribution in [1.29, 1.82) is 5.26 Å². The molecular formula is C16H14N2O. The molecule has 0 N–H and O–H groups in total. The number of aryl methyl sites for hydroxylation is 3. The molecule has 3 rings (SSSR count). The highest BCUT2D eigenvalue weighted by Gasteiger charge is 2.13. The number of aromatic nitrogens is 1. The first-order valence-corrected chi connectivity index (χ1v) is 6.43. The van der Waals surface area contributed by atoms with Gasteiger partial charge in [-0.25, -0.2) is 4.98 Å². The number of benzene rings is 1. The van der Waals surface area contributed by atoms with Crippen LogP contribution in [0.4, 0.5) is 0 Å². The lowest BCUT2D eigenvalue weighted by Gasteiger charge is -2.09. The SMILES string of the molecule is Cc1ccnc(Oc2ccc3c(c2)CCC3)c1C#N. The summed E-state index contributed by atoms with van der Waals surface area (Å²) in [6, 6.07) is 10.1. The van der Waals surface area contributed by atoms with Crippen molar-refractivity contribution in [3.63, 3.8) is 0 Å². The van der Waals surface area contributed by atoms with Gasteiger partial charge in [0.2, 0.25) is 5.88 Å². The first kappa shape index (κ1) is 11.7. The summed E-state index contributed by atoms with van der Waals surface area (Å²) in [4.78, 5) is 4.15. The largest absolute Gasteiger partial charge is 0.438 e. The van der Waals surface area contributed by atoms with Crippen LogP contribution < -0.4 is 4.74 Å². The van der Waals surface area contributed by atoms with Gasteiger partial charge in [-0.3, -0.25) is 0 Å². The zero-order chi connectivity index (χ0) is 13.2. The van der Waals surface area contributed by atoms with Crippen LogP contribution in [0, 0.1) is 18.3 Å². The smallest absolute Gasteiger partial charge is 0.237 e. The van der Waals surface area contributed by atoms with Gasteiger partial charge in [-0.1, -0.05) is 6.07 Å². The van der Waals surface area contributed by atoms with E-state index in [9.17, 15) is 0 Å². The first-order chi connectivity index (χ1) is 9.28. The molecule has 94 valence electrons. The molecule has 1 aromatic heterocycles. The van der Waals surface area contributed by atoms with Crippen LogP contribution in [0.5, 0.6) is 11.6 Å². The Kier molecular flexibility index (Phi) is 2.92. The molecule has 1 heterocycles. The molecule has 0 spiro atoms. The molecule has 3 nitrogen and oxygen atoms in total. The van der Waals surface area contributed by atoms with Gasteiger partial charge in [0, 0.05) is 6.20 Å². The molecule has 0 amide bonds. The van der Waals surface area contributed by atoms with Gasteiger partial charge in [0.25, 0.3) is 0 Å². The Hall–Kier alpha value is -2.34. The van der Waals surface area contributed by atoms with Crippen molar-refractivity contribution in [2.24, 2.45) is 0 Å². The minimum atomic E-state index is 0.389. The Morgan fingerprint density at radius 1 is 1.21 bits per heavy atom. The van der Waals surface area contributed by atoms with Gasteiger partial charge in [0.1, 0.15) is 17.4 Å². The first-order valence-electron chi connectivity index (χ1n) is 6.43. The lowest BCUT2D eigenvalue weighted by atomic mass is 10.1. The maximum absolute atomic E-state index is 9.16. The molecule has 0 radical (unpaired) electrons. The van der Waals surface area contributed by atoms with Crippen molar-refractivity contribution in [2.45, 2.75) is 26.2 Å². The summed E-state index contributed by atoms with van der Waals surface area (Å²) in [5.74, 6) is 1.15. The van der Waals surface area contributed by atoms with Gasteiger partial charge in [-0.2, -0.15) is 5.26 Å². The molecule has 0 bridgehead atoms. The summed E-state index contributed by atoms with van der Waals surface area (Å²) >= 11 is 0. The Balaban J connectivity index is 1.94. The van der Waals surface area contributed by atoms with Crippen molar-refractivity contribution >= 4 is 0 Å². The van der Waals surface area contributed by atoms with E-state index in [4.69, 9.17) is 10.00 Å². The summed E-state index contributed by atoms with van der Waals surface area (Å²) in [7, 11) is 0. The van der Waals surface area contributed by atoms with Crippen LogP contribution in [-0.2, 0) is 12.8 Å². The molecular weight excluding hydrogens is 236 g/mol. The average Bonchev–Trinajstić information content (AvgIpc) is 2.86. The normalized spacial score (nSPS) is 12.8. The number of rotatable bonds is 2. The highest BCUT2D eigenvalue weighted by Crippen LogP contribution is 2.29. The molecule has 19 heavy (non-hydrogen) atoms. The quantitative estimate of drug-likeness (QED) is 0.818. The number of nitriles is 1. The van der Waals surface area contributed by atoms with E-state index >= 15 is 0 Å². The van der Waals surface area contributed by atoms with E-state index in [1.54, 1.807) is 6.20 Å². The highest BCUT2D eigenvalue weighted by atomic mass is 16.5. The molecule has 0 saturated carbocycles. The van der Waals surface area contributed by atoms with Crippen molar-refractivity contribution in [2.75, 3.05) is 0 Å². The average molecular weight is 250 g/mol. The van der Waals surface area contributed by atoms with Crippen molar-refractivity contribution in [1.82, 2.24) is 4.98 Å². The van der Waals surface area contributed by atoms with Gasteiger partial charge >= 0.3 is 0 Å². The summed E-state index contributed by atoms with van der Waals surface area (Å²) in [6.07, 6.45) is 5.14. The monoisotopic (exact) mass is 250 g/mol. The maximum Gasteiger partial charge on any atom is 0.237 e. The zero-order valence-corrected chi connectivity index (χ0v) is 10.8. The van der Waals surface area contributed by atoms with Gasteiger partial charge in [0.05, 0.1) is 0 Å². The van der Waals surface area contributed by atoms with Crippen molar-refractivity contribution in [3.05, 3.63) is 52.7 Å². The molecule has 1 aliphatic carbocycles. The lowest BCUT2D eigenvalue weighted by molar-refractivity contribution is 0.460. The third kappa shape index (κ3) is 2.17. The molecule has 0 saturated heterocycles. The van der Waals surface area contributed by atoms with Crippen LogP contribution in [-0.4, -0.2) is 4.98 Å². The van der Waals surface area contributed by atoms with Crippen LogP contribution in [0.15, 0.2) is 30.5 Å². The van der Waals surface area contributed by atoms with E-state index in [1.807, 2.05) is 19.1 Å². The molecule has 3 heteroatoms. The van der Waals surface area contributed by atoms with Crippen LogP contribution >= 0.6 is 0 Å². The second-order valence-corrected chi connectivity index (χ2v) is 4.81. The number of hydrogen-bond acceptors (Lipinski definition) is 3. The second kappa shape index (κ2) is 4.74. The van der Waals surface area contributed by atoms with Crippen LogP contribution in [0.2, 0.25) is 0 Å². The molecule has 1 aliphatic rings. The fourth-order valence-electron chi connectivity index (χ4n) is 2.47. The predicted molar refractivity (Wildman–Crippen MR) is 72.2 cm³/mol. The number of fused-ring (bicyclic) bond motifs is 1. The third-order valence-corrected chi connectivity index (χ3v) is 3.52. The maximum atomic E-state index is 9.16. The van der Waals surface area contributed by atoms with Crippen LogP contribution in [0.25, 0.3) is 0 Å². The van der Waals surface area contributed by atoms with Crippen LogP contribution in [0.1, 0.15) is 28.7 Å². The molecule has 0 aliphatic heterocycles. The van der Waals surface area contributed by atoms with Gasteiger partial charge < -0.3 is 4.74 Å². The topological polar surface area (TPSA) is 45.9 Å². The minimum absolute atomic E-state index is 0.389. The molecule has 0 fully saturated rings. The Bertz CT molecular complexity index is 671. The highest BCUT2D eigenvalue weighted by molar-refractivity contribution is 5.46. The Morgan fingerprint density at radius 3 is 2.89 bits per heavy atom. The van der Waals surface area contributed by atoms with Crippen LogP contribution in [0.3, 0.4) is 0 Å². The summed E-state index contributed by atoms with van der Waals surface area (Å²) < 4.78 is 5.77. The van der Waals surface area contributed by atoms with Crippen molar-refractivity contribution in [3.8, 4) is 17.7 Å². The summed E-state index contributed by atoms with van der Waals surface area (Å²) in [6.45, 7) is 1.88. The van der Waals surface area contributed by atoms with Gasteiger partial charge in [0.15, 0.2) is 0 Å². The van der Waals surface area contributed by atoms with E-state index in [2.05, 4.69) is 23.2 Å². The van der Waals surface area contributed by atoms with E-state index < -0.39 is 0 Å². The number of pyridine rings is 1. The Labute approximate surface area is 112 Å². The molecule has 2 aromatic rings. The second-order valence-electron chi connectivity index (χ2n) is 4.81. The third-order valence-electron chi connectivity index (χ3n) is 3.52. The number of ether oxygens (including phenoxy) is 1. The lowest BCUT2D eigenvalue weighted by Crippen LogP contribution is -1.95. The molecule has 1 aromatic carbocycles. The van der Waals surface area contributed by atoms with E-state index in [-0.39, 0.29) is 0 Å². The molecule has 0 atom stereocenters. The van der Waals surface area contributed by atoms with Crippen molar-refractivity contribution < 1.29 is 4.74 Å². The van der Waals surface area contributed by atoms with E-state index in [1.165, 1.54) is 17.5 Å². The number of nitrogens with zero attached hydrogens (tertiary/aromatic N) is 2. The van der Waals surface area contributed by atoms with E-state index in [0.29, 0.717) is 11.4 Å². The summed E-state index contributed by atoms with van der Waals surface area (Å²) in [5.41, 5.74) is 4.14. The zero-order valence-electron chi connectivity index (χ0n) is 10.8. The standard InChI is InChI=1S/C16H14N2O/c1-11-7-8-18-16(15(11)10-17)19-14-6-5-12-3-2-4-13(12)9-14/h5-9H,2-4H2,1H3. The van der Waals surface area contributed by atoms with E-state index in [0.717, 1.165) is 24.2 Å². The Morgan fingerprint density at radius 2 is 2.05 bits per heavy atom. The predicted octanol–water partition coefficient (Wildman–Crippen LogP) is 3.54. The fourth-order valence-corrected chi connectivity index (χ4v) is 2.47. The van der Waals surface area contributed by atoms with Gasteiger partial charge in [-0.15, -0.1) is 0 Å².